The van der Waals surface area contributed by atoms with Crippen LogP contribution in [0.15, 0.2) is 60.7 Å². The van der Waals surface area contributed by atoms with E-state index in [9.17, 15) is 9.59 Å². The second kappa shape index (κ2) is 7.91. The zero-order chi connectivity index (χ0) is 19.4. The molecule has 1 N–H and O–H groups in total. The van der Waals surface area contributed by atoms with Gasteiger partial charge in [0.1, 0.15) is 12.4 Å². The van der Waals surface area contributed by atoms with Gasteiger partial charge in [0.25, 0.3) is 5.91 Å². The lowest BCUT2D eigenvalue weighted by Gasteiger charge is -2.09. The van der Waals surface area contributed by atoms with Gasteiger partial charge in [-0.05, 0) is 55.8 Å². The van der Waals surface area contributed by atoms with Crippen LogP contribution in [0.25, 0.3) is 10.9 Å². The third-order valence-corrected chi connectivity index (χ3v) is 4.35. The van der Waals surface area contributed by atoms with Gasteiger partial charge in [-0.3, -0.25) is 14.2 Å². The number of carboxylic acids is 1. The predicted molar refractivity (Wildman–Crippen MR) is 104 cm³/mol. The molecule has 0 radical (unpaired) electrons. The van der Waals surface area contributed by atoms with Gasteiger partial charge in [0.05, 0.1) is 11.9 Å². The summed E-state index contributed by atoms with van der Waals surface area (Å²) in [6, 6.07) is 14.3. The van der Waals surface area contributed by atoms with Crippen molar-refractivity contribution in [3.05, 3.63) is 77.5 Å². The summed E-state index contributed by atoms with van der Waals surface area (Å²) in [5.41, 5.74) is 2.71. The van der Waals surface area contributed by atoms with Gasteiger partial charge in [-0.1, -0.05) is 24.3 Å². The Morgan fingerprint density at radius 1 is 1.15 bits per heavy atom. The number of aryl methyl sites for hydroxylation is 1. The topological polar surface area (TPSA) is 68.5 Å². The summed E-state index contributed by atoms with van der Waals surface area (Å²) in [5.74, 6) is -0.356. The standard InChI is InChI=1S/C22H21NO4/c1-3-4-12-27-18-10-8-16(9-11-18)22(26)23-15(2)13-19-17(14-21(24)25)6-5-7-20(19)23/h3-11,13H,12,14H2,1-2H3,(H,24,25)/b4-3+. The van der Waals surface area contributed by atoms with Crippen LogP contribution in [0.4, 0.5) is 0 Å². The molecule has 0 atom stereocenters. The van der Waals surface area contributed by atoms with Gasteiger partial charge in [0.15, 0.2) is 0 Å². The fourth-order valence-electron chi connectivity index (χ4n) is 3.07. The SMILES string of the molecule is C/C=C/COc1ccc(C(=O)n2c(C)cc3c(CC(=O)O)cccc32)cc1. The van der Waals surface area contributed by atoms with E-state index in [2.05, 4.69) is 0 Å². The fourth-order valence-corrected chi connectivity index (χ4v) is 3.07. The molecule has 0 aliphatic heterocycles. The molecule has 0 fully saturated rings. The Morgan fingerprint density at radius 3 is 2.56 bits per heavy atom. The molecule has 0 unspecified atom stereocenters. The van der Waals surface area contributed by atoms with Gasteiger partial charge in [0.2, 0.25) is 0 Å². The van der Waals surface area contributed by atoms with Crippen molar-refractivity contribution in [2.45, 2.75) is 20.3 Å². The third kappa shape index (κ3) is 3.92. The molecule has 1 aromatic heterocycles. The molecule has 0 aliphatic carbocycles. The predicted octanol–water partition coefficient (Wildman–Crippen LogP) is 4.22. The van der Waals surface area contributed by atoms with Gasteiger partial charge in [-0.15, -0.1) is 0 Å². The van der Waals surface area contributed by atoms with E-state index in [-0.39, 0.29) is 12.3 Å². The molecule has 0 amide bonds. The molecule has 1 heterocycles. The zero-order valence-electron chi connectivity index (χ0n) is 15.3. The number of carbonyl (C=O) groups excluding carboxylic acids is 1. The largest absolute Gasteiger partial charge is 0.490 e. The van der Waals surface area contributed by atoms with E-state index in [1.165, 1.54) is 0 Å². The van der Waals surface area contributed by atoms with Crippen LogP contribution < -0.4 is 4.74 Å². The monoisotopic (exact) mass is 363 g/mol. The van der Waals surface area contributed by atoms with Crippen LogP contribution in [0.5, 0.6) is 5.75 Å². The molecule has 0 saturated heterocycles. The van der Waals surface area contributed by atoms with Gasteiger partial charge in [-0.2, -0.15) is 0 Å². The minimum absolute atomic E-state index is 0.0762. The number of nitrogens with zero attached hydrogens (tertiary/aromatic N) is 1. The number of carbonyl (C=O) groups is 2. The summed E-state index contributed by atoms with van der Waals surface area (Å²) < 4.78 is 7.18. The Hall–Kier alpha value is -3.34. The van der Waals surface area contributed by atoms with Gasteiger partial charge in [0, 0.05) is 16.6 Å². The molecule has 0 saturated carbocycles. The van der Waals surface area contributed by atoms with E-state index in [0.29, 0.717) is 29.0 Å². The lowest BCUT2D eigenvalue weighted by atomic mass is 10.1. The summed E-state index contributed by atoms with van der Waals surface area (Å²) in [6.45, 7) is 4.26. The molecule has 3 rings (SSSR count). The minimum atomic E-state index is -0.896. The van der Waals surface area contributed by atoms with Crippen molar-refractivity contribution in [2.75, 3.05) is 6.61 Å². The van der Waals surface area contributed by atoms with Crippen molar-refractivity contribution in [1.82, 2.24) is 4.57 Å². The van der Waals surface area contributed by atoms with Gasteiger partial charge in [-0.25, -0.2) is 0 Å². The molecular weight excluding hydrogens is 342 g/mol. The smallest absolute Gasteiger partial charge is 0.307 e. The number of allylic oxidation sites excluding steroid dienone is 1. The molecule has 5 heteroatoms. The van der Waals surface area contributed by atoms with E-state index in [4.69, 9.17) is 9.84 Å². The highest BCUT2D eigenvalue weighted by molar-refractivity contribution is 6.04. The average Bonchev–Trinajstić information content (AvgIpc) is 2.98. The van der Waals surface area contributed by atoms with Crippen LogP contribution in [0.1, 0.15) is 28.5 Å². The molecular formula is C22H21NO4. The Kier molecular flexibility index (Phi) is 5.41. The van der Waals surface area contributed by atoms with Crippen molar-refractivity contribution in [2.24, 2.45) is 0 Å². The molecule has 2 aromatic carbocycles. The summed E-state index contributed by atoms with van der Waals surface area (Å²) in [6.07, 6.45) is 3.74. The first kappa shape index (κ1) is 18.5. The summed E-state index contributed by atoms with van der Waals surface area (Å²) in [7, 11) is 0. The first-order valence-corrected chi connectivity index (χ1v) is 8.71. The second-order valence-electron chi connectivity index (χ2n) is 6.25. The number of benzene rings is 2. The van der Waals surface area contributed by atoms with Crippen LogP contribution in [-0.4, -0.2) is 28.2 Å². The molecule has 0 aliphatic rings. The van der Waals surface area contributed by atoms with Crippen molar-refractivity contribution in [3.8, 4) is 5.75 Å². The van der Waals surface area contributed by atoms with Crippen molar-refractivity contribution >= 4 is 22.8 Å². The number of hydrogen-bond acceptors (Lipinski definition) is 3. The molecule has 0 spiro atoms. The number of carboxylic acid groups (broad SMARTS) is 1. The molecule has 27 heavy (non-hydrogen) atoms. The normalized spacial score (nSPS) is 11.2. The Balaban J connectivity index is 1.94. The van der Waals surface area contributed by atoms with E-state index in [1.54, 1.807) is 41.0 Å². The minimum Gasteiger partial charge on any atom is -0.490 e. The van der Waals surface area contributed by atoms with Crippen LogP contribution in [0, 0.1) is 6.92 Å². The number of rotatable bonds is 6. The first-order chi connectivity index (χ1) is 13.0. The zero-order valence-corrected chi connectivity index (χ0v) is 15.3. The van der Waals surface area contributed by atoms with Crippen molar-refractivity contribution in [1.29, 1.82) is 0 Å². The van der Waals surface area contributed by atoms with Gasteiger partial charge < -0.3 is 9.84 Å². The highest BCUT2D eigenvalue weighted by Crippen LogP contribution is 2.25. The molecule has 0 bridgehead atoms. The van der Waals surface area contributed by atoms with E-state index >= 15 is 0 Å². The molecule has 3 aromatic rings. The highest BCUT2D eigenvalue weighted by Gasteiger charge is 2.17. The Bertz CT molecular complexity index is 1010. The maximum absolute atomic E-state index is 13.0. The van der Waals surface area contributed by atoms with E-state index in [0.717, 1.165) is 11.1 Å². The second-order valence-corrected chi connectivity index (χ2v) is 6.25. The number of fused-ring (bicyclic) bond motifs is 1. The van der Waals surface area contributed by atoms with Crippen LogP contribution in [0.3, 0.4) is 0 Å². The van der Waals surface area contributed by atoms with Crippen molar-refractivity contribution < 1.29 is 19.4 Å². The van der Waals surface area contributed by atoms with Crippen LogP contribution in [-0.2, 0) is 11.2 Å². The Morgan fingerprint density at radius 2 is 1.89 bits per heavy atom. The third-order valence-electron chi connectivity index (χ3n) is 4.35. The maximum atomic E-state index is 13.0. The summed E-state index contributed by atoms with van der Waals surface area (Å²) in [5, 5.41) is 9.89. The Labute approximate surface area is 157 Å². The van der Waals surface area contributed by atoms with E-state index in [1.807, 2.05) is 38.1 Å². The highest BCUT2D eigenvalue weighted by atomic mass is 16.5. The van der Waals surface area contributed by atoms with Gasteiger partial charge >= 0.3 is 5.97 Å². The van der Waals surface area contributed by atoms with E-state index < -0.39 is 5.97 Å². The maximum Gasteiger partial charge on any atom is 0.307 e. The summed E-state index contributed by atoms with van der Waals surface area (Å²) >= 11 is 0. The fraction of sp³-hybridized carbons (Fsp3) is 0.182. The average molecular weight is 363 g/mol. The lowest BCUT2D eigenvalue weighted by molar-refractivity contribution is -0.136. The quantitative estimate of drug-likeness (QED) is 0.666. The number of aromatic nitrogens is 1. The number of hydrogen-bond donors (Lipinski definition) is 1. The first-order valence-electron chi connectivity index (χ1n) is 8.71. The lowest BCUT2D eigenvalue weighted by Crippen LogP contribution is -2.13. The number of ether oxygens (including phenoxy) is 1. The van der Waals surface area contributed by atoms with Crippen LogP contribution in [0.2, 0.25) is 0 Å². The van der Waals surface area contributed by atoms with Crippen LogP contribution >= 0.6 is 0 Å². The molecule has 138 valence electrons. The number of aliphatic carboxylic acids is 1. The molecule has 5 nitrogen and oxygen atoms in total. The summed E-state index contributed by atoms with van der Waals surface area (Å²) in [4.78, 5) is 24.1. The van der Waals surface area contributed by atoms with Crippen molar-refractivity contribution in [3.63, 3.8) is 0 Å².